The van der Waals surface area contributed by atoms with Crippen LogP contribution in [0.4, 0.5) is 0 Å². The van der Waals surface area contributed by atoms with E-state index in [1.807, 2.05) is 63.2 Å². The van der Waals surface area contributed by atoms with Gasteiger partial charge in [-0.3, -0.25) is 4.79 Å². The van der Waals surface area contributed by atoms with Crippen molar-refractivity contribution in [2.24, 2.45) is 5.16 Å². The first-order valence-electron chi connectivity index (χ1n) is 10.9. The summed E-state index contributed by atoms with van der Waals surface area (Å²) in [4.78, 5) is 18.2. The number of ether oxygens (including phenoxy) is 1. The Bertz CT molecular complexity index is 1320. The fraction of sp³-hybridized carbons (Fsp3) is 0.259. The molecule has 32 heavy (non-hydrogen) atoms. The van der Waals surface area contributed by atoms with Crippen molar-refractivity contribution in [2.75, 3.05) is 20.3 Å². The molecule has 0 aliphatic heterocycles. The molecular weight excluding hydrogens is 400 g/mol. The molecule has 0 N–H and O–H groups in total. The van der Waals surface area contributed by atoms with Crippen molar-refractivity contribution in [3.8, 4) is 0 Å². The molecule has 5 nitrogen and oxygen atoms in total. The molecule has 4 rings (SSSR count). The third-order valence-electron chi connectivity index (χ3n) is 5.83. The van der Waals surface area contributed by atoms with E-state index in [4.69, 9.17) is 9.57 Å². The molecule has 0 fully saturated rings. The van der Waals surface area contributed by atoms with E-state index in [2.05, 4.69) is 27.9 Å². The summed E-state index contributed by atoms with van der Waals surface area (Å²) in [6, 6.07) is 20.0. The number of rotatable bonds is 8. The number of fused-ring (bicyclic) bond motifs is 3. The number of nitrogens with zero attached hydrogens (tertiary/aromatic N) is 2. The lowest BCUT2D eigenvalue weighted by molar-refractivity contribution is 0.103. The topological polar surface area (TPSA) is 52.8 Å². The summed E-state index contributed by atoms with van der Waals surface area (Å²) in [5, 5.41) is 6.21. The van der Waals surface area contributed by atoms with Crippen LogP contribution in [0.5, 0.6) is 0 Å². The Morgan fingerprint density at radius 1 is 0.969 bits per heavy atom. The maximum atomic E-state index is 13.3. The lowest BCUT2D eigenvalue weighted by Crippen LogP contribution is -2.06. The molecule has 1 aromatic heterocycles. The Morgan fingerprint density at radius 3 is 2.28 bits per heavy atom. The Hall–Kier alpha value is -3.44. The van der Waals surface area contributed by atoms with Crippen molar-refractivity contribution in [3.63, 3.8) is 0 Å². The zero-order chi connectivity index (χ0) is 22.7. The molecule has 0 unspecified atom stereocenters. The van der Waals surface area contributed by atoms with Gasteiger partial charge in [0.25, 0.3) is 0 Å². The summed E-state index contributed by atoms with van der Waals surface area (Å²) in [6.45, 7) is 7.94. The molecule has 0 spiro atoms. The summed E-state index contributed by atoms with van der Waals surface area (Å²) in [6.07, 6.45) is 0. The van der Waals surface area contributed by atoms with Gasteiger partial charge < -0.3 is 14.1 Å². The van der Waals surface area contributed by atoms with Crippen LogP contribution in [-0.4, -0.2) is 36.4 Å². The smallest absolute Gasteiger partial charge is 0.193 e. The summed E-state index contributed by atoms with van der Waals surface area (Å²) in [5.41, 5.74) is 6.37. The molecule has 0 radical (unpaired) electrons. The van der Waals surface area contributed by atoms with Crippen molar-refractivity contribution in [1.29, 1.82) is 0 Å². The van der Waals surface area contributed by atoms with Gasteiger partial charge in [-0.1, -0.05) is 35.5 Å². The van der Waals surface area contributed by atoms with Crippen LogP contribution in [0.15, 0.2) is 65.8 Å². The van der Waals surface area contributed by atoms with Gasteiger partial charge in [-0.25, -0.2) is 0 Å². The van der Waals surface area contributed by atoms with E-state index in [0.717, 1.165) is 50.8 Å². The zero-order valence-electron chi connectivity index (χ0n) is 19.0. The normalized spacial score (nSPS) is 11.9. The van der Waals surface area contributed by atoms with Crippen LogP contribution in [0.3, 0.4) is 0 Å². The minimum absolute atomic E-state index is 0.0356. The van der Waals surface area contributed by atoms with Gasteiger partial charge in [0.2, 0.25) is 0 Å². The molecule has 5 heteroatoms. The highest BCUT2D eigenvalue weighted by Crippen LogP contribution is 2.31. The fourth-order valence-corrected chi connectivity index (χ4v) is 4.18. The van der Waals surface area contributed by atoms with Crippen LogP contribution in [0.25, 0.3) is 21.8 Å². The van der Waals surface area contributed by atoms with Gasteiger partial charge in [-0.15, -0.1) is 0 Å². The minimum Gasteiger partial charge on any atom is -0.399 e. The standard InChI is InChI=1S/C27H28N2O3/c1-5-32-15-14-29-25-12-10-20(19(3)28-31-4)16-23(25)24-17-21(11-13-26(24)29)27(30)22-9-7-6-8-18(22)2/h6-13,16-17H,5,14-15H2,1-4H3/b28-19+. The maximum Gasteiger partial charge on any atom is 0.193 e. The van der Waals surface area contributed by atoms with E-state index >= 15 is 0 Å². The number of carbonyl (C=O) groups is 1. The van der Waals surface area contributed by atoms with Gasteiger partial charge in [0.15, 0.2) is 5.78 Å². The van der Waals surface area contributed by atoms with Crippen LogP contribution < -0.4 is 0 Å². The van der Waals surface area contributed by atoms with Crippen LogP contribution >= 0.6 is 0 Å². The molecule has 0 atom stereocenters. The number of ketones is 1. The van der Waals surface area contributed by atoms with Crippen LogP contribution in [0.2, 0.25) is 0 Å². The average Bonchev–Trinajstić information content (AvgIpc) is 3.11. The van der Waals surface area contributed by atoms with Crippen LogP contribution in [-0.2, 0) is 16.1 Å². The van der Waals surface area contributed by atoms with Gasteiger partial charge in [0.05, 0.1) is 12.3 Å². The van der Waals surface area contributed by atoms with Gasteiger partial charge in [-0.05, 0) is 62.2 Å². The molecular formula is C27H28N2O3. The van der Waals surface area contributed by atoms with Gasteiger partial charge in [-0.2, -0.15) is 0 Å². The van der Waals surface area contributed by atoms with Crippen molar-refractivity contribution in [3.05, 3.63) is 82.9 Å². The van der Waals surface area contributed by atoms with E-state index in [1.54, 1.807) is 7.11 Å². The first-order chi connectivity index (χ1) is 15.5. The Labute approximate surface area is 188 Å². The largest absolute Gasteiger partial charge is 0.399 e. The Balaban J connectivity index is 1.90. The number of oxime groups is 1. The molecule has 0 aliphatic rings. The molecule has 1 heterocycles. The maximum absolute atomic E-state index is 13.3. The van der Waals surface area contributed by atoms with Crippen molar-refractivity contribution in [2.45, 2.75) is 27.3 Å². The molecule has 3 aromatic carbocycles. The minimum atomic E-state index is 0.0356. The van der Waals surface area contributed by atoms with Crippen molar-refractivity contribution >= 4 is 33.3 Å². The highest BCUT2D eigenvalue weighted by Gasteiger charge is 2.16. The quantitative estimate of drug-likeness (QED) is 0.156. The van der Waals surface area contributed by atoms with Gasteiger partial charge >= 0.3 is 0 Å². The van der Waals surface area contributed by atoms with E-state index in [1.165, 1.54) is 0 Å². The molecule has 0 aliphatic carbocycles. The second-order valence-electron chi connectivity index (χ2n) is 7.82. The number of benzene rings is 3. The summed E-state index contributed by atoms with van der Waals surface area (Å²) >= 11 is 0. The Kier molecular flexibility index (Phi) is 6.37. The molecule has 0 amide bonds. The number of carbonyl (C=O) groups excluding carboxylic acids is 1. The van der Waals surface area contributed by atoms with Crippen LogP contribution in [0, 0.1) is 6.92 Å². The van der Waals surface area contributed by atoms with Crippen molar-refractivity contribution < 1.29 is 14.4 Å². The molecule has 0 saturated heterocycles. The number of hydrogen-bond donors (Lipinski definition) is 0. The fourth-order valence-electron chi connectivity index (χ4n) is 4.18. The van der Waals surface area contributed by atoms with E-state index in [9.17, 15) is 4.79 Å². The van der Waals surface area contributed by atoms with Gasteiger partial charge in [0.1, 0.15) is 7.11 Å². The summed E-state index contributed by atoms with van der Waals surface area (Å²) in [5.74, 6) is 0.0356. The predicted octanol–water partition coefficient (Wildman–Crippen LogP) is 5.74. The van der Waals surface area contributed by atoms with Gasteiger partial charge in [0, 0.05) is 46.1 Å². The van der Waals surface area contributed by atoms with E-state index < -0.39 is 0 Å². The highest BCUT2D eigenvalue weighted by atomic mass is 16.6. The number of aryl methyl sites for hydroxylation is 1. The zero-order valence-corrected chi connectivity index (χ0v) is 19.0. The highest BCUT2D eigenvalue weighted by molar-refractivity contribution is 6.16. The second kappa shape index (κ2) is 9.37. The number of aromatic nitrogens is 1. The SMILES string of the molecule is CCOCCn1c2ccc(C(=O)c3ccccc3C)cc2c2cc(/C(C)=N/OC)ccc21. The van der Waals surface area contributed by atoms with E-state index in [0.29, 0.717) is 18.8 Å². The lowest BCUT2D eigenvalue weighted by atomic mass is 9.97. The average molecular weight is 429 g/mol. The molecule has 0 saturated carbocycles. The first-order valence-corrected chi connectivity index (χ1v) is 10.9. The van der Waals surface area contributed by atoms with Crippen molar-refractivity contribution in [1.82, 2.24) is 4.57 Å². The van der Waals surface area contributed by atoms with E-state index in [-0.39, 0.29) is 5.78 Å². The second-order valence-corrected chi connectivity index (χ2v) is 7.82. The Morgan fingerprint density at radius 2 is 1.62 bits per heavy atom. The predicted molar refractivity (Wildman–Crippen MR) is 130 cm³/mol. The number of hydrogen-bond acceptors (Lipinski definition) is 4. The monoisotopic (exact) mass is 428 g/mol. The molecule has 164 valence electrons. The lowest BCUT2D eigenvalue weighted by Gasteiger charge is -2.08. The molecule has 4 aromatic rings. The summed E-state index contributed by atoms with van der Waals surface area (Å²) < 4.78 is 7.88. The third kappa shape index (κ3) is 4.04. The molecule has 0 bridgehead atoms. The third-order valence-corrected chi connectivity index (χ3v) is 5.83. The summed E-state index contributed by atoms with van der Waals surface area (Å²) in [7, 11) is 1.55. The van der Waals surface area contributed by atoms with Crippen LogP contribution in [0.1, 0.15) is 40.9 Å². The first kappa shape index (κ1) is 21.8.